The number of ether oxygens (including phenoxy) is 1. The van der Waals surface area contributed by atoms with Crippen molar-refractivity contribution in [1.29, 1.82) is 0 Å². The highest BCUT2D eigenvalue weighted by Gasteiger charge is 2.05. The number of hydrogen-bond donors (Lipinski definition) is 2. The lowest BCUT2D eigenvalue weighted by atomic mass is 10.0. The summed E-state index contributed by atoms with van der Waals surface area (Å²) in [7, 11) is 1.51. The molecule has 1 aromatic rings. The van der Waals surface area contributed by atoms with Gasteiger partial charge in [0, 0.05) is 13.0 Å². The van der Waals surface area contributed by atoms with Gasteiger partial charge in [-0.05, 0) is 30.0 Å². The lowest BCUT2D eigenvalue weighted by Gasteiger charge is -2.08. The first-order valence-corrected chi connectivity index (χ1v) is 8.65. The van der Waals surface area contributed by atoms with E-state index in [9.17, 15) is 9.90 Å². The molecule has 0 radical (unpaired) electrons. The average Bonchev–Trinajstić information content (AvgIpc) is 2.52. The fourth-order valence-electron chi connectivity index (χ4n) is 2.49. The predicted octanol–water partition coefficient (Wildman–Crippen LogP) is 4.40. The summed E-state index contributed by atoms with van der Waals surface area (Å²) in [6, 6.07) is 5.11. The number of hydrogen-bond acceptors (Lipinski definition) is 3. The van der Waals surface area contributed by atoms with Gasteiger partial charge in [-0.1, -0.05) is 52.0 Å². The normalized spacial score (nSPS) is 10.8. The number of nitrogens with one attached hydrogen (secondary N) is 1. The SMILES string of the molecule is COc1cc(CNC(=O)CCCCCCCC(C)C)ccc1O. The quantitative estimate of drug-likeness (QED) is 0.594. The lowest BCUT2D eigenvalue weighted by molar-refractivity contribution is -0.121. The molecule has 2 N–H and O–H groups in total. The van der Waals surface area contributed by atoms with Gasteiger partial charge in [-0.2, -0.15) is 0 Å². The topological polar surface area (TPSA) is 58.6 Å². The molecule has 0 aliphatic rings. The van der Waals surface area contributed by atoms with E-state index < -0.39 is 0 Å². The number of aromatic hydroxyl groups is 1. The molecule has 0 unspecified atom stereocenters. The third-order valence-corrected chi connectivity index (χ3v) is 3.92. The number of amides is 1. The Morgan fingerprint density at radius 2 is 1.87 bits per heavy atom. The van der Waals surface area contributed by atoms with Crippen molar-refractivity contribution in [3.05, 3.63) is 23.8 Å². The summed E-state index contributed by atoms with van der Waals surface area (Å²) in [5.41, 5.74) is 0.918. The summed E-state index contributed by atoms with van der Waals surface area (Å²) in [5, 5.41) is 12.4. The van der Waals surface area contributed by atoms with Crippen LogP contribution in [0.25, 0.3) is 0 Å². The molecule has 1 rings (SSSR count). The van der Waals surface area contributed by atoms with Crippen LogP contribution in [0.2, 0.25) is 0 Å². The Labute approximate surface area is 140 Å². The first-order valence-electron chi connectivity index (χ1n) is 8.65. The molecular formula is C19H31NO3. The molecule has 4 nitrogen and oxygen atoms in total. The smallest absolute Gasteiger partial charge is 0.220 e. The number of rotatable bonds is 11. The van der Waals surface area contributed by atoms with Crippen LogP contribution in [0.15, 0.2) is 18.2 Å². The number of methoxy groups -OCH3 is 1. The Morgan fingerprint density at radius 1 is 1.17 bits per heavy atom. The maximum Gasteiger partial charge on any atom is 0.220 e. The molecule has 0 bridgehead atoms. The fourth-order valence-corrected chi connectivity index (χ4v) is 2.49. The van der Waals surface area contributed by atoms with Gasteiger partial charge in [-0.25, -0.2) is 0 Å². The second-order valence-corrected chi connectivity index (χ2v) is 6.48. The van der Waals surface area contributed by atoms with Crippen LogP contribution in [0.3, 0.4) is 0 Å². The summed E-state index contributed by atoms with van der Waals surface area (Å²) in [6.45, 7) is 4.98. The first kappa shape index (κ1) is 19.3. The molecule has 0 atom stereocenters. The molecule has 0 aliphatic heterocycles. The third kappa shape index (κ3) is 8.48. The van der Waals surface area contributed by atoms with Crippen molar-refractivity contribution in [2.24, 2.45) is 5.92 Å². The van der Waals surface area contributed by atoms with Crippen LogP contribution in [0.4, 0.5) is 0 Å². The minimum Gasteiger partial charge on any atom is -0.504 e. The molecule has 4 heteroatoms. The van der Waals surface area contributed by atoms with Crippen LogP contribution in [-0.2, 0) is 11.3 Å². The number of benzene rings is 1. The Bertz CT molecular complexity index is 472. The van der Waals surface area contributed by atoms with Gasteiger partial charge in [0.15, 0.2) is 11.5 Å². The summed E-state index contributed by atoms with van der Waals surface area (Å²) in [6.07, 6.45) is 7.75. The molecule has 1 aromatic carbocycles. The fraction of sp³-hybridized carbons (Fsp3) is 0.632. The Morgan fingerprint density at radius 3 is 2.57 bits per heavy atom. The minimum absolute atomic E-state index is 0.0826. The van der Waals surface area contributed by atoms with E-state index in [1.807, 2.05) is 0 Å². The summed E-state index contributed by atoms with van der Waals surface area (Å²) >= 11 is 0. The zero-order valence-electron chi connectivity index (χ0n) is 14.7. The highest BCUT2D eigenvalue weighted by atomic mass is 16.5. The van der Waals surface area contributed by atoms with Gasteiger partial charge in [-0.15, -0.1) is 0 Å². The van der Waals surface area contributed by atoms with E-state index in [1.165, 1.54) is 32.8 Å². The van der Waals surface area contributed by atoms with Crippen molar-refractivity contribution in [1.82, 2.24) is 5.32 Å². The van der Waals surface area contributed by atoms with Gasteiger partial charge in [0.2, 0.25) is 5.91 Å². The van der Waals surface area contributed by atoms with Crippen LogP contribution in [0, 0.1) is 5.92 Å². The van der Waals surface area contributed by atoms with Crippen molar-refractivity contribution in [3.8, 4) is 11.5 Å². The summed E-state index contributed by atoms with van der Waals surface area (Å²) < 4.78 is 5.06. The summed E-state index contributed by atoms with van der Waals surface area (Å²) in [5.74, 6) is 1.41. The van der Waals surface area contributed by atoms with Gasteiger partial charge >= 0.3 is 0 Å². The molecule has 23 heavy (non-hydrogen) atoms. The van der Waals surface area contributed by atoms with E-state index in [0.29, 0.717) is 18.7 Å². The van der Waals surface area contributed by atoms with Crippen LogP contribution < -0.4 is 10.1 Å². The number of phenolic OH excluding ortho intramolecular Hbond substituents is 1. The minimum atomic E-state index is 0.0826. The highest BCUT2D eigenvalue weighted by Crippen LogP contribution is 2.26. The molecule has 1 amide bonds. The first-order chi connectivity index (χ1) is 11.0. The van der Waals surface area contributed by atoms with Crippen molar-refractivity contribution in [3.63, 3.8) is 0 Å². The van der Waals surface area contributed by atoms with Crippen molar-refractivity contribution in [2.75, 3.05) is 7.11 Å². The maximum absolute atomic E-state index is 11.8. The van der Waals surface area contributed by atoms with Gasteiger partial charge in [0.1, 0.15) is 0 Å². The van der Waals surface area contributed by atoms with E-state index in [2.05, 4.69) is 19.2 Å². The second-order valence-electron chi connectivity index (χ2n) is 6.48. The Balaban J connectivity index is 2.13. The van der Waals surface area contributed by atoms with E-state index in [4.69, 9.17) is 4.74 Å². The maximum atomic E-state index is 11.8. The molecule has 0 saturated heterocycles. The predicted molar refractivity (Wildman–Crippen MR) is 93.7 cm³/mol. The lowest BCUT2D eigenvalue weighted by Crippen LogP contribution is -2.22. The Kier molecular flexibility index (Phi) is 9.18. The average molecular weight is 321 g/mol. The molecule has 0 aliphatic carbocycles. The van der Waals surface area contributed by atoms with Crippen molar-refractivity contribution in [2.45, 2.75) is 65.3 Å². The number of carbonyl (C=O) groups excluding carboxylic acids is 1. The number of phenols is 1. The highest BCUT2D eigenvalue weighted by molar-refractivity contribution is 5.75. The van der Waals surface area contributed by atoms with Crippen LogP contribution in [0.1, 0.15) is 64.4 Å². The number of unbranched alkanes of at least 4 members (excludes halogenated alkanes) is 4. The zero-order valence-corrected chi connectivity index (χ0v) is 14.7. The molecule has 0 fully saturated rings. The van der Waals surface area contributed by atoms with Crippen LogP contribution in [-0.4, -0.2) is 18.1 Å². The van der Waals surface area contributed by atoms with Crippen molar-refractivity contribution >= 4 is 5.91 Å². The molecule has 130 valence electrons. The van der Waals surface area contributed by atoms with E-state index in [0.717, 1.165) is 24.3 Å². The van der Waals surface area contributed by atoms with Crippen LogP contribution >= 0.6 is 0 Å². The second kappa shape index (κ2) is 10.9. The number of carbonyl (C=O) groups is 1. The molecule has 0 saturated carbocycles. The standard InChI is InChI=1S/C19H31NO3/c1-15(2)9-7-5-4-6-8-10-19(22)20-14-16-11-12-17(21)18(13-16)23-3/h11-13,15,21H,4-10,14H2,1-3H3,(H,20,22). The largest absolute Gasteiger partial charge is 0.504 e. The summed E-state index contributed by atoms with van der Waals surface area (Å²) in [4.78, 5) is 11.8. The molecule has 0 heterocycles. The van der Waals surface area contributed by atoms with Crippen LogP contribution in [0.5, 0.6) is 11.5 Å². The Hall–Kier alpha value is -1.71. The van der Waals surface area contributed by atoms with Gasteiger partial charge in [0.05, 0.1) is 7.11 Å². The third-order valence-electron chi connectivity index (χ3n) is 3.92. The zero-order chi connectivity index (χ0) is 17.1. The van der Waals surface area contributed by atoms with Gasteiger partial charge in [0.25, 0.3) is 0 Å². The van der Waals surface area contributed by atoms with E-state index in [-0.39, 0.29) is 11.7 Å². The van der Waals surface area contributed by atoms with Gasteiger partial charge in [-0.3, -0.25) is 4.79 Å². The van der Waals surface area contributed by atoms with E-state index >= 15 is 0 Å². The monoisotopic (exact) mass is 321 g/mol. The molecular weight excluding hydrogens is 290 g/mol. The molecule has 0 aromatic heterocycles. The van der Waals surface area contributed by atoms with E-state index in [1.54, 1.807) is 18.2 Å². The molecule has 0 spiro atoms. The van der Waals surface area contributed by atoms with Gasteiger partial charge < -0.3 is 15.2 Å². The van der Waals surface area contributed by atoms with Crippen molar-refractivity contribution < 1.29 is 14.6 Å².